The third kappa shape index (κ3) is 2.76. The summed E-state index contributed by atoms with van der Waals surface area (Å²) in [6.07, 6.45) is 1.45. The Hall–Kier alpha value is -2.70. The van der Waals surface area contributed by atoms with Crippen molar-refractivity contribution in [1.29, 1.82) is 0 Å². The number of hydrogen-bond donors (Lipinski definition) is 1. The smallest absolute Gasteiger partial charge is 0.335 e. The first-order valence-corrected chi connectivity index (χ1v) is 5.42. The van der Waals surface area contributed by atoms with Crippen molar-refractivity contribution in [3.05, 3.63) is 41.7 Å². The number of carboxylic acids is 1. The molecule has 0 spiro atoms. The maximum atomic E-state index is 11.3. The predicted octanol–water partition coefficient (Wildman–Crippen LogP) is 0.681. The highest BCUT2D eigenvalue weighted by atomic mass is 16.5. The number of benzene rings is 1. The van der Waals surface area contributed by atoms with Crippen molar-refractivity contribution in [3.63, 3.8) is 0 Å². The molecular formula is C12H11N3O4. The van der Waals surface area contributed by atoms with E-state index in [0.717, 1.165) is 0 Å². The van der Waals surface area contributed by atoms with E-state index in [1.54, 1.807) is 12.1 Å². The van der Waals surface area contributed by atoms with E-state index in [2.05, 4.69) is 15.0 Å². The van der Waals surface area contributed by atoms with Crippen molar-refractivity contribution in [2.45, 2.75) is 6.42 Å². The fourth-order valence-corrected chi connectivity index (χ4v) is 1.58. The number of methoxy groups -OCH3 is 1. The second-order valence-corrected chi connectivity index (χ2v) is 3.75. The summed E-state index contributed by atoms with van der Waals surface area (Å²) in [5.74, 6) is -1.45. The molecule has 1 N–H and O–H groups in total. The second-order valence-electron chi connectivity index (χ2n) is 3.75. The van der Waals surface area contributed by atoms with Crippen molar-refractivity contribution in [2.24, 2.45) is 0 Å². The predicted molar refractivity (Wildman–Crippen MR) is 64.0 cm³/mol. The Bertz CT molecular complexity index is 621. The number of carbonyl (C=O) groups excluding carboxylic acids is 1. The van der Waals surface area contributed by atoms with Gasteiger partial charge in [-0.25, -0.2) is 9.48 Å². The van der Waals surface area contributed by atoms with E-state index < -0.39 is 11.9 Å². The Morgan fingerprint density at radius 3 is 2.89 bits per heavy atom. The molecule has 7 heteroatoms. The summed E-state index contributed by atoms with van der Waals surface area (Å²) in [6.45, 7) is 0. The summed E-state index contributed by atoms with van der Waals surface area (Å²) in [4.78, 5) is 22.2. The van der Waals surface area contributed by atoms with Crippen LogP contribution in [0.1, 0.15) is 16.1 Å². The van der Waals surface area contributed by atoms with Gasteiger partial charge in [0, 0.05) is 0 Å². The Morgan fingerprint density at radius 1 is 1.42 bits per heavy atom. The van der Waals surface area contributed by atoms with Crippen molar-refractivity contribution in [1.82, 2.24) is 15.0 Å². The molecule has 98 valence electrons. The van der Waals surface area contributed by atoms with Crippen LogP contribution in [-0.4, -0.2) is 39.1 Å². The topological polar surface area (TPSA) is 94.3 Å². The van der Waals surface area contributed by atoms with Crippen molar-refractivity contribution < 1.29 is 19.4 Å². The van der Waals surface area contributed by atoms with Crippen molar-refractivity contribution >= 4 is 11.9 Å². The van der Waals surface area contributed by atoms with Gasteiger partial charge >= 0.3 is 11.9 Å². The first kappa shape index (κ1) is 12.7. The Labute approximate surface area is 108 Å². The van der Waals surface area contributed by atoms with E-state index in [4.69, 9.17) is 5.11 Å². The zero-order chi connectivity index (χ0) is 13.8. The fraction of sp³-hybridized carbons (Fsp3) is 0.167. The number of aromatic carboxylic acids is 1. The van der Waals surface area contributed by atoms with Gasteiger partial charge in [0.15, 0.2) is 0 Å². The number of esters is 1. The molecule has 0 radical (unpaired) electrons. The molecule has 1 aromatic heterocycles. The average Bonchev–Trinajstić information content (AvgIpc) is 2.86. The molecule has 2 rings (SSSR count). The SMILES string of the molecule is COC(=O)Cc1cnnn1-c1cccc(C(=O)O)c1. The Kier molecular flexibility index (Phi) is 3.56. The molecule has 0 unspecified atom stereocenters. The van der Waals surface area contributed by atoms with E-state index >= 15 is 0 Å². The minimum atomic E-state index is -1.03. The highest BCUT2D eigenvalue weighted by Gasteiger charge is 2.12. The third-order valence-electron chi connectivity index (χ3n) is 2.51. The van der Waals surface area contributed by atoms with E-state index in [1.807, 2.05) is 0 Å². The van der Waals surface area contributed by atoms with Crippen LogP contribution < -0.4 is 0 Å². The van der Waals surface area contributed by atoms with Crippen LogP contribution in [0.4, 0.5) is 0 Å². The number of hydrogen-bond acceptors (Lipinski definition) is 5. The summed E-state index contributed by atoms with van der Waals surface area (Å²) in [5.41, 5.74) is 1.18. The molecule has 0 saturated carbocycles. The highest BCUT2D eigenvalue weighted by Crippen LogP contribution is 2.12. The maximum absolute atomic E-state index is 11.3. The lowest BCUT2D eigenvalue weighted by molar-refractivity contribution is -0.139. The van der Waals surface area contributed by atoms with Gasteiger partial charge < -0.3 is 9.84 Å². The molecule has 1 heterocycles. The molecule has 0 fully saturated rings. The maximum Gasteiger partial charge on any atom is 0.335 e. The standard InChI is InChI=1S/C12H11N3O4/c1-19-11(16)6-10-7-13-14-15(10)9-4-2-3-8(5-9)12(17)18/h2-5,7H,6H2,1H3,(H,17,18). The lowest BCUT2D eigenvalue weighted by Gasteiger charge is -2.06. The monoisotopic (exact) mass is 261 g/mol. The van der Waals surface area contributed by atoms with Crippen LogP contribution >= 0.6 is 0 Å². The summed E-state index contributed by atoms with van der Waals surface area (Å²) < 4.78 is 5.98. The zero-order valence-electron chi connectivity index (χ0n) is 10.1. The van der Waals surface area contributed by atoms with Gasteiger partial charge in [-0.1, -0.05) is 11.3 Å². The van der Waals surface area contributed by atoms with Gasteiger partial charge in [-0.3, -0.25) is 4.79 Å². The zero-order valence-corrected chi connectivity index (χ0v) is 10.1. The molecule has 0 aliphatic heterocycles. The molecule has 0 aliphatic carbocycles. The third-order valence-corrected chi connectivity index (χ3v) is 2.51. The second kappa shape index (κ2) is 5.30. The van der Waals surface area contributed by atoms with Gasteiger partial charge in [0.2, 0.25) is 0 Å². The van der Waals surface area contributed by atoms with Crippen LogP contribution in [0.5, 0.6) is 0 Å². The fourth-order valence-electron chi connectivity index (χ4n) is 1.58. The van der Waals surface area contributed by atoms with Crippen LogP contribution in [0.2, 0.25) is 0 Å². The average molecular weight is 261 g/mol. The van der Waals surface area contributed by atoms with Gasteiger partial charge in [-0.15, -0.1) is 5.10 Å². The van der Waals surface area contributed by atoms with Crippen molar-refractivity contribution in [2.75, 3.05) is 7.11 Å². The van der Waals surface area contributed by atoms with E-state index in [0.29, 0.717) is 11.4 Å². The molecule has 0 atom stereocenters. The molecule has 0 saturated heterocycles. The van der Waals surface area contributed by atoms with Gasteiger partial charge in [-0.2, -0.15) is 0 Å². The molecule has 0 aliphatic rings. The molecule has 7 nitrogen and oxygen atoms in total. The minimum absolute atomic E-state index is 0.0147. The van der Waals surface area contributed by atoms with E-state index in [1.165, 1.54) is 30.1 Å². The number of nitrogens with zero attached hydrogens (tertiary/aromatic N) is 3. The lowest BCUT2D eigenvalue weighted by atomic mass is 10.2. The van der Waals surface area contributed by atoms with Crippen LogP contribution in [0.3, 0.4) is 0 Å². The van der Waals surface area contributed by atoms with E-state index in [9.17, 15) is 9.59 Å². The van der Waals surface area contributed by atoms with Crippen LogP contribution in [0.25, 0.3) is 5.69 Å². The molecule has 0 amide bonds. The van der Waals surface area contributed by atoms with Crippen molar-refractivity contribution in [3.8, 4) is 5.69 Å². The van der Waals surface area contributed by atoms with Crippen LogP contribution in [-0.2, 0) is 16.0 Å². The molecular weight excluding hydrogens is 250 g/mol. The number of carbonyl (C=O) groups is 2. The number of carboxylic acid groups (broad SMARTS) is 1. The highest BCUT2D eigenvalue weighted by molar-refractivity contribution is 5.88. The first-order chi connectivity index (χ1) is 9.11. The summed E-state index contributed by atoms with van der Waals surface area (Å²) in [5, 5.41) is 16.5. The Balaban J connectivity index is 2.37. The van der Waals surface area contributed by atoms with Crippen LogP contribution in [0, 0.1) is 0 Å². The van der Waals surface area contributed by atoms with Gasteiger partial charge in [0.1, 0.15) is 0 Å². The first-order valence-electron chi connectivity index (χ1n) is 5.42. The largest absolute Gasteiger partial charge is 0.478 e. The molecule has 0 bridgehead atoms. The van der Waals surface area contributed by atoms with Gasteiger partial charge in [0.25, 0.3) is 0 Å². The summed E-state index contributed by atoms with van der Waals surface area (Å²) in [6, 6.07) is 6.21. The molecule has 2 aromatic rings. The number of ether oxygens (including phenoxy) is 1. The number of rotatable bonds is 4. The minimum Gasteiger partial charge on any atom is -0.478 e. The van der Waals surface area contributed by atoms with Gasteiger partial charge in [0.05, 0.1) is 36.7 Å². The lowest BCUT2D eigenvalue weighted by Crippen LogP contribution is -2.10. The molecule has 1 aromatic carbocycles. The quantitative estimate of drug-likeness (QED) is 0.813. The normalized spacial score (nSPS) is 10.2. The number of aromatic nitrogens is 3. The van der Waals surface area contributed by atoms with E-state index in [-0.39, 0.29) is 12.0 Å². The summed E-state index contributed by atoms with van der Waals surface area (Å²) in [7, 11) is 1.29. The Morgan fingerprint density at radius 2 is 2.21 bits per heavy atom. The summed E-state index contributed by atoms with van der Waals surface area (Å²) >= 11 is 0. The van der Waals surface area contributed by atoms with Gasteiger partial charge in [-0.05, 0) is 18.2 Å². The van der Waals surface area contributed by atoms with Crippen LogP contribution in [0.15, 0.2) is 30.5 Å². The molecule has 19 heavy (non-hydrogen) atoms.